The van der Waals surface area contributed by atoms with Gasteiger partial charge in [-0.25, -0.2) is 13.2 Å². The topological polar surface area (TPSA) is 92.8 Å². The maximum Gasteiger partial charge on any atom is 0.338 e. The molecule has 1 aromatic heterocycles. The van der Waals surface area contributed by atoms with E-state index in [0.717, 1.165) is 15.2 Å². The number of amides is 1. The number of hydrogen-bond acceptors (Lipinski definition) is 6. The predicted molar refractivity (Wildman–Crippen MR) is 134 cm³/mol. The van der Waals surface area contributed by atoms with Gasteiger partial charge in [0.1, 0.15) is 4.90 Å². The maximum atomic E-state index is 13.4. The van der Waals surface area contributed by atoms with E-state index in [4.69, 9.17) is 27.9 Å². The molecule has 34 heavy (non-hydrogen) atoms. The molecule has 0 unspecified atom stereocenters. The first kappa shape index (κ1) is 25.8. The Hall–Kier alpha value is -2.85. The van der Waals surface area contributed by atoms with Gasteiger partial charge >= 0.3 is 5.97 Å². The molecule has 0 saturated carbocycles. The molecule has 178 valence electrons. The van der Waals surface area contributed by atoms with Crippen molar-refractivity contribution in [2.75, 3.05) is 17.5 Å². The van der Waals surface area contributed by atoms with Crippen molar-refractivity contribution in [2.45, 2.75) is 11.4 Å². The molecule has 0 spiro atoms. The minimum absolute atomic E-state index is 0.0423. The average Bonchev–Trinajstić information content (AvgIpc) is 3.34. The van der Waals surface area contributed by atoms with Crippen LogP contribution in [0.25, 0.3) is 0 Å². The predicted octanol–water partition coefficient (Wildman–Crippen LogP) is 4.91. The van der Waals surface area contributed by atoms with E-state index in [0.29, 0.717) is 17.3 Å². The number of rotatable bonds is 10. The zero-order chi connectivity index (χ0) is 24.7. The minimum atomic E-state index is -4.18. The summed E-state index contributed by atoms with van der Waals surface area (Å²) < 4.78 is 33.0. The number of hydrogen-bond donors (Lipinski definition) is 1. The van der Waals surface area contributed by atoms with Crippen LogP contribution in [0.2, 0.25) is 10.0 Å². The minimum Gasteiger partial charge on any atom is -0.452 e. The fourth-order valence-corrected chi connectivity index (χ4v) is 5.59. The van der Waals surface area contributed by atoms with E-state index in [9.17, 15) is 18.0 Å². The van der Waals surface area contributed by atoms with Crippen LogP contribution in [0.4, 0.5) is 5.69 Å². The number of sulfonamides is 1. The Morgan fingerprint density at radius 1 is 1.12 bits per heavy atom. The molecule has 0 fully saturated rings. The Bertz CT molecular complexity index is 1280. The van der Waals surface area contributed by atoms with Crippen LogP contribution in [0.5, 0.6) is 0 Å². The zero-order valence-electron chi connectivity index (χ0n) is 17.7. The normalized spacial score (nSPS) is 11.0. The first-order valence-electron chi connectivity index (χ1n) is 9.87. The van der Waals surface area contributed by atoms with Crippen molar-refractivity contribution < 1.29 is 22.7 Å². The Labute approximate surface area is 211 Å². The summed E-state index contributed by atoms with van der Waals surface area (Å²) in [6.07, 6.45) is 1.42. The number of halogens is 2. The monoisotopic (exact) mass is 538 g/mol. The fourth-order valence-electron chi connectivity index (χ4n) is 2.88. The van der Waals surface area contributed by atoms with Crippen molar-refractivity contribution in [1.82, 2.24) is 5.32 Å². The molecule has 2 aromatic carbocycles. The molecule has 3 rings (SSSR count). The van der Waals surface area contributed by atoms with Gasteiger partial charge in [-0.1, -0.05) is 35.3 Å². The van der Waals surface area contributed by atoms with E-state index in [2.05, 4.69) is 11.9 Å². The number of nitrogens with one attached hydrogen (secondary N) is 1. The first-order chi connectivity index (χ1) is 16.2. The summed E-state index contributed by atoms with van der Waals surface area (Å²) in [5.41, 5.74) is 0.277. The largest absolute Gasteiger partial charge is 0.452 e. The van der Waals surface area contributed by atoms with Crippen LogP contribution in [0, 0.1) is 0 Å². The maximum absolute atomic E-state index is 13.4. The summed E-state index contributed by atoms with van der Waals surface area (Å²) in [5, 5.41) is 4.90. The van der Waals surface area contributed by atoms with E-state index in [1.54, 1.807) is 24.3 Å². The highest BCUT2D eigenvalue weighted by Crippen LogP contribution is 2.30. The van der Waals surface area contributed by atoms with E-state index in [1.807, 2.05) is 17.5 Å². The lowest BCUT2D eigenvalue weighted by Crippen LogP contribution is -2.31. The second kappa shape index (κ2) is 11.5. The Morgan fingerprint density at radius 2 is 1.85 bits per heavy atom. The van der Waals surface area contributed by atoms with Gasteiger partial charge in [-0.3, -0.25) is 9.10 Å². The molecule has 0 atom stereocenters. The average molecular weight is 539 g/mol. The molecule has 1 amide bonds. The number of anilines is 1. The third-order valence-electron chi connectivity index (χ3n) is 4.52. The molecule has 1 heterocycles. The standard InChI is InChI=1S/C23H20Cl2N2O5S2/c1-2-11-27(18-8-6-17(24)7-9-18)34(30,31)21-13-16(5-10-20(21)25)23(29)32-15-22(28)26-14-19-4-3-12-33-19/h2-10,12-13H,1,11,14-15H2,(H,26,28). The Balaban J connectivity index is 1.77. The van der Waals surface area contributed by atoms with Gasteiger partial charge in [0.2, 0.25) is 0 Å². The van der Waals surface area contributed by atoms with Crippen LogP contribution in [-0.2, 0) is 26.1 Å². The third-order valence-corrected chi connectivity index (χ3v) is 7.92. The molecule has 0 aliphatic heterocycles. The Morgan fingerprint density at radius 3 is 2.50 bits per heavy atom. The van der Waals surface area contributed by atoms with Crippen molar-refractivity contribution in [2.24, 2.45) is 0 Å². The number of carbonyl (C=O) groups excluding carboxylic acids is 2. The van der Waals surface area contributed by atoms with Gasteiger partial charge < -0.3 is 10.1 Å². The van der Waals surface area contributed by atoms with Crippen molar-refractivity contribution >= 4 is 62.1 Å². The van der Waals surface area contributed by atoms with Gasteiger partial charge in [0, 0.05) is 9.90 Å². The number of ether oxygens (including phenoxy) is 1. The van der Waals surface area contributed by atoms with Crippen molar-refractivity contribution in [3.63, 3.8) is 0 Å². The molecule has 11 heteroatoms. The fraction of sp³-hybridized carbons (Fsp3) is 0.130. The van der Waals surface area contributed by atoms with Crippen LogP contribution < -0.4 is 9.62 Å². The van der Waals surface area contributed by atoms with Gasteiger partial charge in [0.25, 0.3) is 15.9 Å². The van der Waals surface area contributed by atoms with Crippen LogP contribution in [0.1, 0.15) is 15.2 Å². The number of benzene rings is 2. The molecule has 0 aliphatic carbocycles. The van der Waals surface area contributed by atoms with Gasteiger partial charge in [0.05, 0.1) is 29.4 Å². The van der Waals surface area contributed by atoms with Crippen molar-refractivity contribution in [3.8, 4) is 0 Å². The van der Waals surface area contributed by atoms with Crippen LogP contribution in [0.15, 0.2) is 77.5 Å². The summed E-state index contributed by atoms with van der Waals surface area (Å²) in [4.78, 5) is 25.1. The smallest absolute Gasteiger partial charge is 0.338 e. The second-order valence-electron chi connectivity index (χ2n) is 6.88. The van der Waals surface area contributed by atoms with E-state index in [-0.39, 0.29) is 22.0 Å². The number of thiophene rings is 1. The van der Waals surface area contributed by atoms with Gasteiger partial charge in [0.15, 0.2) is 6.61 Å². The number of carbonyl (C=O) groups is 2. The van der Waals surface area contributed by atoms with Crippen LogP contribution in [0.3, 0.4) is 0 Å². The van der Waals surface area contributed by atoms with E-state index < -0.39 is 28.5 Å². The first-order valence-corrected chi connectivity index (χ1v) is 12.9. The van der Waals surface area contributed by atoms with Gasteiger partial charge in [-0.2, -0.15) is 0 Å². The van der Waals surface area contributed by atoms with E-state index in [1.165, 1.54) is 29.5 Å². The van der Waals surface area contributed by atoms with Gasteiger partial charge in [-0.05, 0) is 53.9 Å². The number of esters is 1. The summed E-state index contributed by atoms with van der Waals surface area (Å²) in [7, 11) is -4.18. The molecule has 0 aliphatic rings. The second-order valence-corrected chi connectivity index (χ2v) is 10.6. The lowest BCUT2D eigenvalue weighted by atomic mass is 10.2. The summed E-state index contributed by atoms with van der Waals surface area (Å²) in [6, 6.07) is 13.7. The molecular formula is C23H20Cl2N2O5S2. The summed E-state index contributed by atoms with van der Waals surface area (Å²) >= 11 is 13.6. The molecule has 0 radical (unpaired) electrons. The highest BCUT2D eigenvalue weighted by Gasteiger charge is 2.28. The third kappa shape index (κ3) is 6.38. The Kier molecular flexibility index (Phi) is 8.73. The lowest BCUT2D eigenvalue weighted by Gasteiger charge is -2.24. The molecule has 1 N–H and O–H groups in total. The summed E-state index contributed by atoms with van der Waals surface area (Å²) in [6.45, 7) is 3.38. The molecule has 0 bridgehead atoms. The molecule has 7 nitrogen and oxygen atoms in total. The highest BCUT2D eigenvalue weighted by molar-refractivity contribution is 7.93. The van der Waals surface area contributed by atoms with Crippen LogP contribution >= 0.6 is 34.5 Å². The van der Waals surface area contributed by atoms with Crippen LogP contribution in [-0.4, -0.2) is 33.4 Å². The zero-order valence-corrected chi connectivity index (χ0v) is 20.9. The van der Waals surface area contributed by atoms with Gasteiger partial charge in [-0.15, -0.1) is 17.9 Å². The van der Waals surface area contributed by atoms with Crippen molar-refractivity contribution in [1.29, 1.82) is 0 Å². The summed E-state index contributed by atoms with van der Waals surface area (Å²) in [5.74, 6) is -1.34. The molecule has 3 aromatic rings. The molecular weight excluding hydrogens is 519 g/mol. The highest BCUT2D eigenvalue weighted by atomic mass is 35.5. The van der Waals surface area contributed by atoms with E-state index >= 15 is 0 Å². The quantitative estimate of drug-likeness (QED) is 0.292. The lowest BCUT2D eigenvalue weighted by molar-refractivity contribution is -0.124. The van der Waals surface area contributed by atoms with Crippen molar-refractivity contribution in [3.05, 3.63) is 93.1 Å². The number of nitrogens with zero attached hydrogens (tertiary/aromatic N) is 1. The molecule has 0 saturated heterocycles. The SMILES string of the molecule is C=CCN(c1ccc(Cl)cc1)S(=O)(=O)c1cc(C(=O)OCC(=O)NCc2cccs2)ccc1Cl.